The van der Waals surface area contributed by atoms with Crippen molar-refractivity contribution < 1.29 is 9.57 Å². The molecule has 4 unspecified atom stereocenters. The molecule has 7 nitrogen and oxygen atoms in total. The van der Waals surface area contributed by atoms with Gasteiger partial charge in [-0.15, -0.1) is 0 Å². The Labute approximate surface area is 158 Å². The summed E-state index contributed by atoms with van der Waals surface area (Å²) in [5.41, 5.74) is 3.31. The maximum Gasteiger partial charge on any atom is 0.146 e. The molecule has 4 aliphatic heterocycles. The molecular formula is C19H37N5O2. The van der Waals surface area contributed by atoms with Crippen molar-refractivity contribution in [2.45, 2.75) is 64.1 Å². The highest BCUT2D eigenvalue weighted by Gasteiger charge is 2.40. The van der Waals surface area contributed by atoms with E-state index in [0.717, 1.165) is 32.8 Å². The second kappa shape index (κ2) is 8.82. The summed E-state index contributed by atoms with van der Waals surface area (Å²) in [6.45, 7) is 11.9. The van der Waals surface area contributed by atoms with Crippen LogP contribution in [0.2, 0.25) is 0 Å². The fourth-order valence-corrected chi connectivity index (χ4v) is 5.05. The maximum atomic E-state index is 6.00. The number of hydrogen-bond acceptors (Lipinski definition) is 7. The van der Waals surface area contributed by atoms with E-state index in [1.165, 1.54) is 38.8 Å². The zero-order chi connectivity index (χ0) is 17.9. The van der Waals surface area contributed by atoms with Crippen LogP contribution in [-0.2, 0) is 9.57 Å². The molecule has 5 atom stereocenters. The van der Waals surface area contributed by atoms with Crippen molar-refractivity contribution in [1.29, 1.82) is 0 Å². The Morgan fingerprint density at radius 1 is 1.08 bits per heavy atom. The monoisotopic (exact) mass is 367 g/mol. The quantitative estimate of drug-likeness (QED) is 0.656. The van der Waals surface area contributed by atoms with E-state index in [2.05, 4.69) is 39.8 Å². The lowest BCUT2D eigenvalue weighted by molar-refractivity contribution is -0.0275. The van der Waals surface area contributed by atoms with Gasteiger partial charge in [-0.3, -0.25) is 20.0 Å². The lowest BCUT2D eigenvalue weighted by atomic mass is 9.94. The molecule has 4 saturated heterocycles. The predicted octanol–water partition coefficient (Wildman–Crippen LogP) is 0.541. The number of hydroxylamine groups is 1. The van der Waals surface area contributed by atoms with E-state index in [1.54, 1.807) is 0 Å². The molecule has 0 aromatic carbocycles. The van der Waals surface area contributed by atoms with Crippen LogP contribution >= 0.6 is 0 Å². The van der Waals surface area contributed by atoms with Crippen LogP contribution in [0.3, 0.4) is 0 Å². The Balaban J connectivity index is 1.24. The fraction of sp³-hybridized carbons (Fsp3) is 1.00. The predicted molar refractivity (Wildman–Crippen MR) is 101 cm³/mol. The molecule has 0 bridgehead atoms. The van der Waals surface area contributed by atoms with E-state index >= 15 is 0 Å². The lowest BCUT2D eigenvalue weighted by Gasteiger charge is -2.40. The first-order valence-corrected chi connectivity index (χ1v) is 10.7. The van der Waals surface area contributed by atoms with Gasteiger partial charge in [0, 0.05) is 32.1 Å². The normalized spacial score (nSPS) is 40.5. The molecule has 26 heavy (non-hydrogen) atoms. The van der Waals surface area contributed by atoms with Crippen molar-refractivity contribution in [3.05, 3.63) is 0 Å². The molecule has 0 aliphatic carbocycles. The van der Waals surface area contributed by atoms with Crippen LogP contribution in [0.1, 0.15) is 39.5 Å². The summed E-state index contributed by atoms with van der Waals surface area (Å²) in [5, 5.41) is 7.51. The Bertz CT molecular complexity index is 438. The first-order valence-electron chi connectivity index (χ1n) is 10.7. The standard InChI is InChI=1S/C19H37N5O2/c1-14(2)13-24-7-3-4-16(24)19-21-18(22-26-19)15-5-6-17(20-12-15)23-8-10-25-11-9-23/h14-22H,3-13H2,1-2H3/t15?,16-,17?,18?,19?/m0/s1. The van der Waals surface area contributed by atoms with Gasteiger partial charge in [-0.25, -0.2) is 0 Å². The number of morpholine rings is 1. The Morgan fingerprint density at radius 2 is 1.92 bits per heavy atom. The number of likely N-dealkylation sites (tertiary alicyclic amines) is 1. The van der Waals surface area contributed by atoms with Gasteiger partial charge in [0.1, 0.15) is 6.23 Å². The van der Waals surface area contributed by atoms with Crippen molar-refractivity contribution in [3.8, 4) is 0 Å². The van der Waals surface area contributed by atoms with Crippen molar-refractivity contribution in [3.63, 3.8) is 0 Å². The zero-order valence-corrected chi connectivity index (χ0v) is 16.5. The van der Waals surface area contributed by atoms with Crippen molar-refractivity contribution in [2.75, 3.05) is 45.9 Å². The molecule has 7 heteroatoms. The van der Waals surface area contributed by atoms with Crippen LogP contribution in [-0.4, -0.2) is 80.3 Å². The molecule has 4 fully saturated rings. The summed E-state index contributed by atoms with van der Waals surface area (Å²) in [5.74, 6) is 1.29. The molecule has 4 rings (SSSR count). The van der Waals surface area contributed by atoms with Crippen LogP contribution < -0.4 is 16.1 Å². The Kier molecular flexibility index (Phi) is 6.46. The van der Waals surface area contributed by atoms with E-state index < -0.39 is 0 Å². The lowest BCUT2D eigenvalue weighted by Crippen LogP contribution is -2.57. The summed E-state index contributed by atoms with van der Waals surface area (Å²) < 4.78 is 5.48. The summed E-state index contributed by atoms with van der Waals surface area (Å²) in [4.78, 5) is 11.1. The number of hydrogen-bond donors (Lipinski definition) is 3. The molecule has 0 saturated carbocycles. The molecule has 3 N–H and O–H groups in total. The molecule has 0 aromatic heterocycles. The first-order chi connectivity index (χ1) is 12.7. The van der Waals surface area contributed by atoms with Gasteiger partial charge in [-0.2, -0.15) is 5.48 Å². The van der Waals surface area contributed by atoms with Crippen molar-refractivity contribution in [2.24, 2.45) is 11.8 Å². The minimum absolute atomic E-state index is 0.123. The van der Waals surface area contributed by atoms with Crippen molar-refractivity contribution in [1.82, 2.24) is 25.9 Å². The van der Waals surface area contributed by atoms with Crippen molar-refractivity contribution >= 4 is 0 Å². The van der Waals surface area contributed by atoms with Gasteiger partial charge in [0.2, 0.25) is 0 Å². The number of ether oxygens (including phenoxy) is 1. The van der Waals surface area contributed by atoms with E-state index in [0.29, 0.717) is 24.0 Å². The second-order valence-electron chi connectivity index (χ2n) is 8.81. The van der Waals surface area contributed by atoms with E-state index in [4.69, 9.17) is 9.57 Å². The van der Waals surface area contributed by atoms with Gasteiger partial charge in [-0.05, 0) is 38.1 Å². The Hall–Kier alpha value is -0.280. The van der Waals surface area contributed by atoms with Gasteiger partial charge >= 0.3 is 0 Å². The molecule has 150 valence electrons. The summed E-state index contributed by atoms with van der Waals surface area (Å²) in [6.07, 6.45) is 5.87. The third-order valence-corrected chi connectivity index (χ3v) is 6.41. The maximum absolute atomic E-state index is 6.00. The molecular weight excluding hydrogens is 330 g/mol. The average molecular weight is 368 g/mol. The SMILES string of the molecule is CC(C)CN1CCC[C@H]1C1NC(C2CCC(N3CCOCC3)NC2)NO1. The minimum atomic E-state index is 0.123. The van der Waals surface area contributed by atoms with E-state index in [9.17, 15) is 0 Å². The molecule has 0 spiro atoms. The first kappa shape index (κ1) is 19.1. The number of nitrogens with one attached hydrogen (secondary N) is 3. The molecule has 0 radical (unpaired) electrons. The van der Waals surface area contributed by atoms with Crippen LogP contribution in [0.25, 0.3) is 0 Å². The molecule has 4 aliphatic rings. The second-order valence-corrected chi connectivity index (χ2v) is 8.81. The number of piperidine rings is 1. The molecule has 4 heterocycles. The summed E-state index contributed by atoms with van der Waals surface area (Å²) in [6, 6.07) is 0.507. The summed E-state index contributed by atoms with van der Waals surface area (Å²) >= 11 is 0. The summed E-state index contributed by atoms with van der Waals surface area (Å²) in [7, 11) is 0. The number of rotatable bonds is 5. The highest BCUT2D eigenvalue weighted by atomic mass is 16.7. The van der Waals surface area contributed by atoms with Gasteiger partial charge in [0.05, 0.1) is 31.6 Å². The van der Waals surface area contributed by atoms with Gasteiger partial charge in [-0.1, -0.05) is 13.8 Å². The zero-order valence-electron chi connectivity index (χ0n) is 16.5. The van der Waals surface area contributed by atoms with Gasteiger partial charge in [0.25, 0.3) is 0 Å². The van der Waals surface area contributed by atoms with E-state index in [-0.39, 0.29) is 12.4 Å². The van der Waals surface area contributed by atoms with Crippen LogP contribution in [0.4, 0.5) is 0 Å². The van der Waals surface area contributed by atoms with Crippen LogP contribution in [0.5, 0.6) is 0 Å². The van der Waals surface area contributed by atoms with Gasteiger partial charge < -0.3 is 10.1 Å². The molecule has 0 aromatic rings. The highest BCUT2D eigenvalue weighted by Crippen LogP contribution is 2.26. The third-order valence-electron chi connectivity index (χ3n) is 6.41. The van der Waals surface area contributed by atoms with Crippen LogP contribution in [0, 0.1) is 11.8 Å². The smallest absolute Gasteiger partial charge is 0.146 e. The highest BCUT2D eigenvalue weighted by molar-refractivity contribution is 4.92. The Morgan fingerprint density at radius 3 is 2.65 bits per heavy atom. The van der Waals surface area contributed by atoms with Crippen LogP contribution in [0.15, 0.2) is 0 Å². The van der Waals surface area contributed by atoms with Gasteiger partial charge in [0.15, 0.2) is 0 Å². The fourth-order valence-electron chi connectivity index (χ4n) is 5.05. The van der Waals surface area contributed by atoms with E-state index in [1.807, 2.05) is 0 Å². The third kappa shape index (κ3) is 4.41. The molecule has 0 amide bonds. The largest absolute Gasteiger partial charge is 0.379 e. The average Bonchev–Trinajstić information content (AvgIpc) is 3.31. The minimum Gasteiger partial charge on any atom is -0.379 e. The topological polar surface area (TPSA) is 61.0 Å². The number of nitrogens with zero attached hydrogens (tertiary/aromatic N) is 2.